The number of aromatic nitrogens is 6. The maximum atomic E-state index is 12.7. The summed E-state index contributed by atoms with van der Waals surface area (Å²) in [5, 5.41) is 25.0. The fraction of sp³-hybridized carbons (Fsp3) is 0.258. The van der Waals surface area contributed by atoms with Crippen LogP contribution in [0, 0.1) is 0 Å². The number of carbonyl (C=O) groups is 1. The third-order valence-corrected chi connectivity index (χ3v) is 7.48. The van der Waals surface area contributed by atoms with Crippen LogP contribution in [0.15, 0.2) is 78.9 Å². The van der Waals surface area contributed by atoms with Crippen molar-refractivity contribution in [2.45, 2.75) is 45.3 Å². The van der Waals surface area contributed by atoms with E-state index in [4.69, 9.17) is 4.98 Å². The van der Waals surface area contributed by atoms with Crippen LogP contribution >= 0.6 is 0 Å². The number of H-pyrrole nitrogens is 1. The lowest BCUT2D eigenvalue weighted by atomic mass is 9.98. The summed E-state index contributed by atoms with van der Waals surface area (Å²) < 4.78 is 2.15. The monoisotopic (exact) mass is 533 g/mol. The molecule has 6 rings (SSSR count). The first-order valence-corrected chi connectivity index (χ1v) is 13.6. The molecule has 0 aliphatic carbocycles. The number of rotatable bonds is 9. The number of tetrazole rings is 1. The van der Waals surface area contributed by atoms with Gasteiger partial charge in [-0.1, -0.05) is 85.8 Å². The summed E-state index contributed by atoms with van der Waals surface area (Å²) in [6.45, 7) is 3.94. The quantitative estimate of drug-likeness (QED) is 0.277. The van der Waals surface area contributed by atoms with Crippen LogP contribution in [0.3, 0.4) is 0 Å². The van der Waals surface area contributed by atoms with E-state index in [0.29, 0.717) is 25.5 Å². The molecule has 2 N–H and O–H groups in total. The molecule has 202 valence electrons. The van der Waals surface area contributed by atoms with Crippen molar-refractivity contribution in [2.75, 3.05) is 6.54 Å². The predicted molar refractivity (Wildman–Crippen MR) is 151 cm³/mol. The van der Waals surface area contributed by atoms with Crippen LogP contribution in [-0.2, 0) is 30.7 Å². The molecule has 5 aromatic rings. The highest BCUT2D eigenvalue weighted by Gasteiger charge is 2.37. The summed E-state index contributed by atoms with van der Waals surface area (Å²) in [6.07, 6.45) is 2.48. The molecule has 3 aromatic carbocycles. The van der Waals surface area contributed by atoms with E-state index >= 15 is 0 Å². The zero-order valence-corrected chi connectivity index (χ0v) is 22.4. The Balaban J connectivity index is 1.33. The lowest BCUT2D eigenvalue weighted by Gasteiger charge is -2.33. The Morgan fingerprint density at radius 1 is 0.950 bits per heavy atom. The Hall–Kier alpha value is -4.63. The number of aliphatic carboxylic acids is 1. The molecule has 1 unspecified atom stereocenters. The number of benzene rings is 3. The number of imidazole rings is 1. The van der Waals surface area contributed by atoms with Gasteiger partial charge < -0.3 is 9.67 Å². The number of aryl methyl sites for hydroxylation is 1. The molecule has 3 heterocycles. The van der Waals surface area contributed by atoms with Crippen molar-refractivity contribution in [3.05, 3.63) is 107 Å². The van der Waals surface area contributed by atoms with E-state index < -0.39 is 12.0 Å². The fourth-order valence-electron chi connectivity index (χ4n) is 5.64. The van der Waals surface area contributed by atoms with Gasteiger partial charge in [0.15, 0.2) is 6.04 Å². The van der Waals surface area contributed by atoms with E-state index in [1.165, 1.54) is 0 Å². The topological polar surface area (TPSA) is 113 Å². The van der Waals surface area contributed by atoms with Gasteiger partial charge in [-0.3, -0.25) is 9.69 Å². The van der Waals surface area contributed by atoms with Gasteiger partial charge in [0, 0.05) is 38.0 Å². The van der Waals surface area contributed by atoms with E-state index in [1.54, 1.807) is 0 Å². The first-order chi connectivity index (χ1) is 19.6. The highest BCUT2D eigenvalue weighted by molar-refractivity contribution is 5.80. The molecule has 0 radical (unpaired) electrons. The summed E-state index contributed by atoms with van der Waals surface area (Å²) in [6, 6.07) is 25.7. The minimum atomic E-state index is -0.838. The zero-order valence-electron chi connectivity index (χ0n) is 22.4. The zero-order chi connectivity index (χ0) is 27.5. The smallest absolute Gasteiger partial charge is 0.327 e. The molecule has 1 aliphatic rings. The number of nitrogens with zero attached hydrogens (tertiary/aromatic N) is 6. The van der Waals surface area contributed by atoms with Crippen molar-refractivity contribution in [1.29, 1.82) is 0 Å². The molecule has 0 spiro atoms. The van der Waals surface area contributed by atoms with Crippen LogP contribution in [0.5, 0.6) is 0 Å². The molecular formula is C31H31N7O2. The maximum Gasteiger partial charge on any atom is 0.327 e. The second-order valence-electron chi connectivity index (χ2n) is 10.1. The average molecular weight is 534 g/mol. The normalized spacial score (nSPS) is 15.2. The van der Waals surface area contributed by atoms with E-state index in [-0.39, 0.29) is 0 Å². The summed E-state index contributed by atoms with van der Waals surface area (Å²) >= 11 is 0. The Morgan fingerprint density at radius 3 is 2.38 bits per heavy atom. The van der Waals surface area contributed by atoms with Gasteiger partial charge in [-0.05, 0) is 33.9 Å². The summed E-state index contributed by atoms with van der Waals surface area (Å²) in [7, 11) is 0. The fourth-order valence-corrected chi connectivity index (χ4v) is 5.64. The van der Waals surface area contributed by atoms with E-state index in [1.807, 2.05) is 54.6 Å². The Kier molecular flexibility index (Phi) is 7.20. The van der Waals surface area contributed by atoms with Crippen LogP contribution in [0.1, 0.15) is 47.7 Å². The highest BCUT2D eigenvalue weighted by Crippen LogP contribution is 2.34. The minimum Gasteiger partial charge on any atom is -0.480 e. The van der Waals surface area contributed by atoms with Crippen LogP contribution in [0.2, 0.25) is 0 Å². The maximum absolute atomic E-state index is 12.7. The number of nitrogens with one attached hydrogen (secondary N) is 1. The number of hydrogen-bond donors (Lipinski definition) is 2. The Morgan fingerprint density at radius 2 is 1.68 bits per heavy atom. The molecule has 0 saturated carbocycles. The molecular weight excluding hydrogens is 502 g/mol. The predicted octanol–water partition coefficient (Wildman–Crippen LogP) is 4.92. The van der Waals surface area contributed by atoms with Crippen LogP contribution < -0.4 is 0 Å². The molecule has 1 atom stereocenters. The van der Waals surface area contributed by atoms with Crippen molar-refractivity contribution in [3.63, 3.8) is 0 Å². The summed E-state index contributed by atoms with van der Waals surface area (Å²) in [5.74, 6) is 0.662. The largest absolute Gasteiger partial charge is 0.480 e. The van der Waals surface area contributed by atoms with Crippen LogP contribution in [0.25, 0.3) is 22.5 Å². The summed E-state index contributed by atoms with van der Waals surface area (Å²) in [4.78, 5) is 19.7. The van der Waals surface area contributed by atoms with Gasteiger partial charge in [0.25, 0.3) is 0 Å². The van der Waals surface area contributed by atoms with Gasteiger partial charge in [0.05, 0.1) is 11.4 Å². The summed E-state index contributed by atoms with van der Waals surface area (Å²) in [5.41, 5.74) is 6.88. The number of aromatic amines is 1. The molecule has 40 heavy (non-hydrogen) atoms. The van der Waals surface area contributed by atoms with Gasteiger partial charge in [0.2, 0.25) is 5.82 Å². The van der Waals surface area contributed by atoms with Crippen LogP contribution in [-0.4, -0.2) is 52.7 Å². The third kappa shape index (κ3) is 5.03. The highest BCUT2D eigenvalue weighted by atomic mass is 16.4. The Bertz CT molecular complexity index is 1590. The number of carboxylic acids is 1. The number of hydrogen-bond acceptors (Lipinski definition) is 6. The second kappa shape index (κ2) is 11.2. The van der Waals surface area contributed by atoms with Gasteiger partial charge >= 0.3 is 5.97 Å². The molecule has 0 bridgehead atoms. The molecule has 0 fully saturated rings. The van der Waals surface area contributed by atoms with Crippen molar-refractivity contribution >= 4 is 5.97 Å². The standard InChI is InChI=1S/C31H31N7O2/c1-2-8-27-32-26-17-18-37(19-21-9-4-3-5-10-21)29(31(39)40)28(26)38(27)20-22-13-15-23(16-14-22)24-11-6-7-12-25(24)30-33-35-36-34-30/h3-7,9-16,29H,2,8,17-20H2,1H3,(H,39,40)(H,33,34,35,36). The third-order valence-electron chi connectivity index (χ3n) is 7.48. The van der Waals surface area contributed by atoms with Crippen molar-refractivity contribution in [2.24, 2.45) is 0 Å². The van der Waals surface area contributed by atoms with Gasteiger partial charge in [-0.2, -0.15) is 5.21 Å². The van der Waals surface area contributed by atoms with E-state index in [9.17, 15) is 9.90 Å². The number of fused-ring (bicyclic) bond motifs is 1. The van der Waals surface area contributed by atoms with Gasteiger partial charge in [-0.15, -0.1) is 10.2 Å². The lowest BCUT2D eigenvalue weighted by molar-refractivity contribution is -0.144. The first-order valence-electron chi connectivity index (χ1n) is 13.6. The molecule has 0 saturated heterocycles. The van der Waals surface area contributed by atoms with Crippen molar-refractivity contribution < 1.29 is 9.90 Å². The molecule has 1 aliphatic heterocycles. The number of carboxylic acid groups (broad SMARTS) is 1. The SMILES string of the molecule is CCCc1nc2c(n1Cc1ccc(-c3ccccc3-c3nn[nH]n3)cc1)C(C(=O)O)N(Cc1ccccc1)CC2. The Labute approximate surface area is 232 Å². The average Bonchev–Trinajstić information content (AvgIpc) is 3.63. The minimum absolute atomic E-state index is 0.550. The van der Waals surface area contributed by atoms with Gasteiger partial charge in [0.1, 0.15) is 5.82 Å². The molecule has 2 aromatic heterocycles. The lowest BCUT2D eigenvalue weighted by Crippen LogP contribution is -2.40. The van der Waals surface area contributed by atoms with E-state index in [2.05, 4.69) is 61.3 Å². The van der Waals surface area contributed by atoms with E-state index in [0.717, 1.165) is 64.3 Å². The second-order valence-corrected chi connectivity index (χ2v) is 10.1. The van der Waals surface area contributed by atoms with Crippen molar-refractivity contribution in [3.8, 4) is 22.5 Å². The van der Waals surface area contributed by atoms with Crippen LogP contribution in [0.4, 0.5) is 0 Å². The molecule has 0 amide bonds. The van der Waals surface area contributed by atoms with Crippen molar-refractivity contribution in [1.82, 2.24) is 35.1 Å². The first kappa shape index (κ1) is 25.6. The molecule has 9 heteroatoms. The molecule has 9 nitrogen and oxygen atoms in total. The van der Waals surface area contributed by atoms with Gasteiger partial charge in [-0.25, -0.2) is 4.98 Å².